The monoisotopic (exact) mass is 436 g/mol. The van der Waals surface area contributed by atoms with E-state index in [0.29, 0.717) is 12.3 Å². The number of nitrogens with one attached hydrogen (secondary N) is 1. The van der Waals surface area contributed by atoms with Crippen molar-refractivity contribution in [3.63, 3.8) is 0 Å². The van der Waals surface area contributed by atoms with Crippen molar-refractivity contribution in [2.75, 3.05) is 26.2 Å². The number of carbonyl (C=O) groups is 3. The second kappa shape index (κ2) is 11.4. The molecule has 3 atom stereocenters. The lowest BCUT2D eigenvalue weighted by Gasteiger charge is -2.23. The molecule has 1 saturated carbocycles. The fraction of sp³-hybridized carbons (Fsp3) is 0.880. The normalized spacial score (nSPS) is 26.7. The second-order valence-corrected chi connectivity index (χ2v) is 10.6. The van der Waals surface area contributed by atoms with Crippen LogP contribution in [0.1, 0.15) is 92.4 Å². The number of ketones is 1. The molecular weight excluding hydrogens is 392 g/mol. The van der Waals surface area contributed by atoms with Gasteiger partial charge in [0.1, 0.15) is 6.10 Å². The molecule has 1 aliphatic carbocycles. The summed E-state index contributed by atoms with van der Waals surface area (Å²) in [4.78, 5) is 39.3. The van der Waals surface area contributed by atoms with Gasteiger partial charge in [-0.1, -0.05) is 47.5 Å². The van der Waals surface area contributed by atoms with E-state index in [0.717, 1.165) is 71.0 Å². The third kappa shape index (κ3) is 7.58. The molecule has 0 bridgehead atoms. The minimum Gasteiger partial charge on any atom is -0.462 e. The molecule has 0 aromatic heterocycles. The van der Waals surface area contributed by atoms with Crippen molar-refractivity contribution < 1.29 is 19.1 Å². The molecular formula is C25H44N2O4. The van der Waals surface area contributed by atoms with Gasteiger partial charge in [-0.05, 0) is 51.1 Å². The van der Waals surface area contributed by atoms with E-state index >= 15 is 0 Å². The Bertz CT molecular complexity index is 624. The number of rotatable bonds is 10. The molecule has 0 aromatic rings. The molecule has 6 heteroatoms. The van der Waals surface area contributed by atoms with Crippen LogP contribution in [-0.4, -0.2) is 54.8 Å². The molecule has 6 nitrogen and oxygen atoms in total. The van der Waals surface area contributed by atoms with Gasteiger partial charge in [0.05, 0.1) is 12.0 Å². The lowest BCUT2D eigenvalue weighted by Crippen LogP contribution is -2.37. The second-order valence-electron chi connectivity index (χ2n) is 10.6. The zero-order chi connectivity index (χ0) is 23.1. The van der Waals surface area contributed by atoms with Crippen molar-refractivity contribution >= 4 is 17.7 Å². The third-order valence-electron chi connectivity index (χ3n) is 7.24. The lowest BCUT2D eigenvalue weighted by molar-refractivity contribution is -0.149. The number of cyclic esters (lactones) is 1. The Morgan fingerprint density at radius 2 is 1.84 bits per heavy atom. The fourth-order valence-corrected chi connectivity index (χ4v) is 4.94. The first-order chi connectivity index (χ1) is 14.6. The highest BCUT2D eigenvalue weighted by molar-refractivity contribution is 5.88. The van der Waals surface area contributed by atoms with E-state index in [2.05, 4.69) is 24.1 Å². The van der Waals surface area contributed by atoms with E-state index in [1.807, 2.05) is 20.8 Å². The molecule has 0 radical (unpaired) electrons. The topological polar surface area (TPSA) is 75.7 Å². The highest BCUT2D eigenvalue weighted by atomic mass is 16.6. The summed E-state index contributed by atoms with van der Waals surface area (Å²) >= 11 is 0. The molecule has 2 fully saturated rings. The first kappa shape index (κ1) is 25.8. The van der Waals surface area contributed by atoms with Crippen LogP contribution >= 0.6 is 0 Å². The highest BCUT2D eigenvalue weighted by Gasteiger charge is 2.49. The van der Waals surface area contributed by atoms with Gasteiger partial charge in [-0.15, -0.1) is 0 Å². The number of amides is 1. The molecule has 2 unspecified atom stereocenters. The number of nitrogens with zero attached hydrogens (tertiary/aromatic N) is 1. The molecule has 1 N–H and O–H groups in total. The standard InChI is InChI=1S/C25H44N2O4/c1-6-27(7-2)16-13-21-17-25(23(30)31-21)14-8-9-19(12-15-25)10-11-20(28)18-26-22(29)24(3,4)5/h19,21H,6-18H2,1-5H3,(H,26,29)/t19?,21-,25?/m0/s1. The predicted octanol–water partition coefficient (Wildman–Crippen LogP) is 4.11. The SMILES string of the molecule is CCN(CC)CC[C@H]1CC2(CCCC(CCC(=O)CNC(=O)C(C)(C)C)CC2)C(=O)O1. The smallest absolute Gasteiger partial charge is 0.312 e. The molecule has 1 spiro atoms. The molecule has 2 aliphatic rings. The van der Waals surface area contributed by atoms with E-state index in [9.17, 15) is 14.4 Å². The first-order valence-corrected chi connectivity index (χ1v) is 12.3. The number of Topliss-reactive ketones (excluding diaryl/α,β-unsaturated/α-hetero) is 1. The zero-order valence-electron chi connectivity index (χ0n) is 20.4. The van der Waals surface area contributed by atoms with Crippen molar-refractivity contribution in [3.8, 4) is 0 Å². The summed E-state index contributed by atoms with van der Waals surface area (Å²) in [5, 5.41) is 2.75. The molecule has 178 valence electrons. The molecule has 31 heavy (non-hydrogen) atoms. The van der Waals surface area contributed by atoms with E-state index in [1.54, 1.807) is 0 Å². The van der Waals surface area contributed by atoms with Gasteiger partial charge in [-0.3, -0.25) is 14.4 Å². The van der Waals surface area contributed by atoms with Gasteiger partial charge in [0, 0.05) is 24.8 Å². The Hall–Kier alpha value is -1.43. The lowest BCUT2D eigenvalue weighted by atomic mass is 9.77. The predicted molar refractivity (Wildman–Crippen MR) is 123 cm³/mol. The van der Waals surface area contributed by atoms with Crippen LogP contribution in [0.2, 0.25) is 0 Å². The van der Waals surface area contributed by atoms with Crippen LogP contribution in [0.5, 0.6) is 0 Å². The third-order valence-corrected chi connectivity index (χ3v) is 7.24. The van der Waals surface area contributed by atoms with Crippen LogP contribution in [0.25, 0.3) is 0 Å². The fourth-order valence-electron chi connectivity index (χ4n) is 4.94. The maximum absolute atomic E-state index is 12.8. The van der Waals surface area contributed by atoms with Crippen LogP contribution in [0.4, 0.5) is 0 Å². The summed E-state index contributed by atoms with van der Waals surface area (Å²) in [5.74, 6) is 0.490. The summed E-state index contributed by atoms with van der Waals surface area (Å²) in [7, 11) is 0. The Morgan fingerprint density at radius 3 is 2.48 bits per heavy atom. The minimum atomic E-state index is -0.477. The zero-order valence-corrected chi connectivity index (χ0v) is 20.4. The summed E-state index contributed by atoms with van der Waals surface area (Å²) < 4.78 is 5.80. The highest BCUT2D eigenvalue weighted by Crippen LogP contribution is 2.47. The van der Waals surface area contributed by atoms with Crippen molar-refractivity contribution in [2.24, 2.45) is 16.7 Å². The van der Waals surface area contributed by atoms with Gasteiger partial charge in [0.2, 0.25) is 5.91 Å². The average molecular weight is 437 g/mol. The molecule has 2 rings (SSSR count). The number of esters is 1. The van der Waals surface area contributed by atoms with Crippen LogP contribution in [-0.2, 0) is 19.1 Å². The summed E-state index contributed by atoms with van der Waals surface area (Å²) in [5.41, 5.74) is -0.775. The van der Waals surface area contributed by atoms with Gasteiger partial charge < -0.3 is 15.0 Å². The minimum absolute atomic E-state index is 0.0127. The Kier molecular flexibility index (Phi) is 9.53. The van der Waals surface area contributed by atoms with Gasteiger partial charge >= 0.3 is 5.97 Å². The van der Waals surface area contributed by atoms with E-state index < -0.39 is 5.41 Å². The number of carbonyl (C=O) groups excluding carboxylic acids is 3. The number of hydrogen-bond donors (Lipinski definition) is 1. The Morgan fingerprint density at radius 1 is 1.13 bits per heavy atom. The van der Waals surface area contributed by atoms with Crippen molar-refractivity contribution in [3.05, 3.63) is 0 Å². The molecule has 1 heterocycles. The summed E-state index contributed by atoms with van der Waals surface area (Å²) in [6.07, 6.45) is 8.06. The molecule has 1 amide bonds. The van der Waals surface area contributed by atoms with Crippen molar-refractivity contribution in [1.82, 2.24) is 10.2 Å². The Labute approximate surface area is 188 Å². The van der Waals surface area contributed by atoms with Gasteiger partial charge in [-0.25, -0.2) is 0 Å². The van der Waals surface area contributed by atoms with Crippen LogP contribution < -0.4 is 5.32 Å². The Balaban J connectivity index is 1.77. The average Bonchev–Trinajstić information content (AvgIpc) is 2.88. The van der Waals surface area contributed by atoms with Crippen LogP contribution in [0, 0.1) is 16.7 Å². The van der Waals surface area contributed by atoms with E-state index in [4.69, 9.17) is 4.74 Å². The molecule has 0 aromatic carbocycles. The number of ether oxygens (including phenoxy) is 1. The number of hydrogen-bond acceptors (Lipinski definition) is 5. The summed E-state index contributed by atoms with van der Waals surface area (Å²) in [6, 6.07) is 0. The van der Waals surface area contributed by atoms with E-state index in [1.165, 1.54) is 0 Å². The van der Waals surface area contributed by atoms with Gasteiger partial charge in [-0.2, -0.15) is 0 Å². The quantitative estimate of drug-likeness (QED) is 0.522. The van der Waals surface area contributed by atoms with Crippen LogP contribution in [0.15, 0.2) is 0 Å². The molecule has 1 aliphatic heterocycles. The maximum atomic E-state index is 12.8. The maximum Gasteiger partial charge on any atom is 0.312 e. The van der Waals surface area contributed by atoms with Gasteiger partial charge in [0.25, 0.3) is 0 Å². The first-order valence-electron chi connectivity index (χ1n) is 12.3. The van der Waals surface area contributed by atoms with E-state index in [-0.39, 0.29) is 35.7 Å². The van der Waals surface area contributed by atoms with Crippen molar-refractivity contribution in [1.29, 1.82) is 0 Å². The van der Waals surface area contributed by atoms with Crippen LogP contribution in [0.3, 0.4) is 0 Å². The van der Waals surface area contributed by atoms with Gasteiger partial charge in [0.15, 0.2) is 5.78 Å². The molecule has 1 saturated heterocycles. The summed E-state index contributed by atoms with van der Waals surface area (Å²) in [6.45, 7) is 13.0. The largest absolute Gasteiger partial charge is 0.462 e. The van der Waals surface area contributed by atoms with Crippen molar-refractivity contribution in [2.45, 2.75) is 98.5 Å².